The molecule has 0 unspecified atom stereocenters. The van der Waals surface area contributed by atoms with Gasteiger partial charge in [0, 0.05) is 12.6 Å². The standard InChI is InChI=1S/C17H20BrNO5S/c1-22-15-6-4-12(10-14(15)18)8-9-19-25(20,21)13-5-7-16(23-2)17(11-13)24-3/h4-7,10-11,19H,8-9H2,1-3H3. The average Bonchev–Trinajstić information content (AvgIpc) is 2.61. The van der Waals surface area contributed by atoms with Gasteiger partial charge in [-0.15, -0.1) is 0 Å². The number of benzene rings is 2. The fourth-order valence-electron chi connectivity index (χ4n) is 2.26. The third-order valence-corrected chi connectivity index (χ3v) is 5.67. The molecule has 0 heterocycles. The third-order valence-electron chi connectivity index (χ3n) is 3.59. The van der Waals surface area contributed by atoms with E-state index in [4.69, 9.17) is 14.2 Å². The molecule has 8 heteroatoms. The molecule has 136 valence electrons. The molecule has 2 aromatic carbocycles. The van der Waals surface area contributed by atoms with E-state index in [1.165, 1.54) is 26.4 Å². The second-order valence-corrected chi connectivity index (χ2v) is 7.75. The molecular formula is C17H20BrNO5S. The van der Waals surface area contributed by atoms with Crippen molar-refractivity contribution in [2.75, 3.05) is 27.9 Å². The molecule has 2 aromatic rings. The predicted octanol–water partition coefficient (Wildman–Crippen LogP) is 3.00. The normalized spacial score (nSPS) is 11.2. The molecule has 0 aliphatic carbocycles. The zero-order valence-electron chi connectivity index (χ0n) is 14.2. The highest BCUT2D eigenvalue weighted by Crippen LogP contribution is 2.29. The first kappa shape index (κ1) is 19.6. The number of methoxy groups -OCH3 is 3. The van der Waals surface area contributed by atoms with Crippen LogP contribution in [0.25, 0.3) is 0 Å². The van der Waals surface area contributed by atoms with Crippen LogP contribution in [0, 0.1) is 0 Å². The van der Waals surface area contributed by atoms with Gasteiger partial charge in [0.15, 0.2) is 11.5 Å². The number of sulfonamides is 1. The van der Waals surface area contributed by atoms with Gasteiger partial charge in [0.25, 0.3) is 0 Å². The van der Waals surface area contributed by atoms with Gasteiger partial charge in [0.2, 0.25) is 10.0 Å². The molecule has 0 aliphatic rings. The molecule has 0 bridgehead atoms. The highest BCUT2D eigenvalue weighted by Gasteiger charge is 2.16. The predicted molar refractivity (Wildman–Crippen MR) is 99.1 cm³/mol. The Morgan fingerprint density at radius 1 is 0.920 bits per heavy atom. The first-order valence-electron chi connectivity index (χ1n) is 7.45. The van der Waals surface area contributed by atoms with Crippen molar-refractivity contribution >= 4 is 26.0 Å². The summed E-state index contributed by atoms with van der Waals surface area (Å²) in [6, 6.07) is 10.1. The van der Waals surface area contributed by atoms with E-state index >= 15 is 0 Å². The van der Waals surface area contributed by atoms with Crippen molar-refractivity contribution in [2.24, 2.45) is 0 Å². The average molecular weight is 430 g/mol. The van der Waals surface area contributed by atoms with Crippen LogP contribution in [0.2, 0.25) is 0 Å². The van der Waals surface area contributed by atoms with Crippen LogP contribution in [0.15, 0.2) is 45.8 Å². The van der Waals surface area contributed by atoms with Crippen LogP contribution in [0.4, 0.5) is 0 Å². The number of halogens is 1. The molecule has 0 amide bonds. The van der Waals surface area contributed by atoms with Crippen molar-refractivity contribution in [1.82, 2.24) is 4.72 Å². The maximum atomic E-state index is 12.4. The number of nitrogens with one attached hydrogen (secondary N) is 1. The quantitative estimate of drug-likeness (QED) is 0.697. The van der Waals surface area contributed by atoms with Gasteiger partial charge in [-0.25, -0.2) is 13.1 Å². The van der Waals surface area contributed by atoms with Crippen molar-refractivity contribution in [2.45, 2.75) is 11.3 Å². The minimum Gasteiger partial charge on any atom is -0.496 e. The molecular weight excluding hydrogens is 410 g/mol. The van der Waals surface area contributed by atoms with E-state index in [9.17, 15) is 8.42 Å². The summed E-state index contributed by atoms with van der Waals surface area (Å²) in [5, 5.41) is 0. The highest BCUT2D eigenvalue weighted by molar-refractivity contribution is 9.10. The van der Waals surface area contributed by atoms with Gasteiger partial charge in [-0.1, -0.05) is 6.07 Å². The summed E-state index contributed by atoms with van der Waals surface area (Å²) in [4.78, 5) is 0.126. The van der Waals surface area contributed by atoms with Crippen LogP contribution in [-0.4, -0.2) is 36.3 Å². The maximum Gasteiger partial charge on any atom is 0.240 e. The van der Waals surface area contributed by atoms with Crippen LogP contribution in [-0.2, 0) is 16.4 Å². The Bertz CT molecular complexity index is 839. The van der Waals surface area contributed by atoms with Crippen molar-refractivity contribution in [3.63, 3.8) is 0 Å². The number of hydrogen-bond donors (Lipinski definition) is 1. The zero-order chi connectivity index (χ0) is 18.4. The molecule has 0 saturated carbocycles. The van der Waals surface area contributed by atoms with Crippen LogP contribution in [0.5, 0.6) is 17.2 Å². The largest absolute Gasteiger partial charge is 0.496 e. The summed E-state index contributed by atoms with van der Waals surface area (Å²) < 4.78 is 43.7. The molecule has 25 heavy (non-hydrogen) atoms. The van der Waals surface area contributed by atoms with Crippen molar-refractivity contribution in [3.8, 4) is 17.2 Å². The van der Waals surface area contributed by atoms with Gasteiger partial charge in [-0.2, -0.15) is 0 Å². The summed E-state index contributed by atoms with van der Waals surface area (Å²) in [7, 11) is 0.920. The molecule has 1 N–H and O–H groups in total. The van der Waals surface area contributed by atoms with Gasteiger partial charge in [0.1, 0.15) is 5.75 Å². The third kappa shape index (κ3) is 4.87. The Kier molecular flexibility index (Phi) is 6.69. The van der Waals surface area contributed by atoms with E-state index < -0.39 is 10.0 Å². The lowest BCUT2D eigenvalue weighted by Crippen LogP contribution is -2.26. The fraction of sp³-hybridized carbons (Fsp3) is 0.294. The molecule has 0 saturated heterocycles. The summed E-state index contributed by atoms with van der Waals surface area (Å²) in [6.07, 6.45) is 0.551. The lowest BCUT2D eigenvalue weighted by atomic mass is 10.1. The lowest BCUT2D eigenvalue weighted by Gasteiger charge is -2.11. The van der Waals surface area contributed by atoms with E-state index in [0.29, 0.717) is 17.9 Å². The van der Waals surface area contributed by atoms with E-state index in [2.05, 4.69) is 20.7 Å². The lowest BCUT2D eigenvalue weighted by molar-refractivity contribution is 0.354. The molecule has 0 aliphatic heterocycles. The molecule has 0 aromatic heterocycles. The first-order valence-corrected chi connectivity index (χ1v) is 9.73. The van der Waals surface area contributed by atoms with Crippen LogP contribution >= 0.6 is 15.9 Å². The molecule has 6 nitrogen and oxygen atoms in total. The van der Waals surface area contributed by atoms with Gasteiger partial charge in [-0.3, -0.25) is 0 Å². The Labute approximate surface area is 156 Å². The Morgan fingerprint density at radius 2 is 1.56 bits per heavy atom. The molecule has 0 radical (unpaired) electrons. The molecule has 0 fully saturated rings. The van der Waals surface area contributed by atoms with E-state index in [-0.39, 0.29) is 11.4 Å². The first-order chi connectivity index (χ1) is 11.9. The minimum atomic E-state index is -3.63. The van der Waals surface area contributed by atoms with Crippen LogP contribution in [0.1, 0.15) is 5.56 Å². The van der Waals surface area contributed by atoms with Gasteiger partial charge >= 0.3 is 0 Å². The van der Waals surface area contributed by atoms with E-state index in [1.54, 1.807) is 13.2 Å². The fourth-order valence-corrected chi connectivity index (χ4v) is 3.90. The van der Waals surface area contributed by atoms with Crippen LogP contribution in [0.3, 0.4) is 0 Å². The number of hydrogen-bond acceptors (Lipinski definition) is 5. The smallest absolute Gasteiger partial charge is 0.240 e. The second-order valence-electron chi connectivity index (χ2n) is 5.13. The summed E-state index contributed by atoms with van der Waals surface area (Å²) in [5.41, 5.74) is 0.989. The van der Waals surface area contributed by atoms with Crippen LogP contribution < -0.4 is 18.9 Å². The topological polar surface area (TPSA) is 73.9 Å². The minimum absolute atomic E-state index is 0.126. The highest BCUT2D eigenvalue weighted by atomic mass is 79.9. The van der Waals surface area contributed by atoms with Gasteiger partial charge in [-0.05, 0) is 52.2 Å². The Morgan fingerprint density at radius 3 is 2.16 bits per heavy atom. The SMILES string of the molecule is COc1ccc(CCNS(=O)(=O)c2ccc(OC)c(OC)c2)cc1Br. The Balaban J connectivity index is 2.05. The van der Waals surface area contributed by atoms with Crippen molar-refractivity contribution < 1.29 is 22.6 Å². The summed E-state index contributed by atoms with van der Waals surface area (Å²) in [5.74, 6) is 1.57. The maximum absolute atomic E-state index is 12.4. The molecule has 0 spiro atoms. The van der Waals surface area contributed by atoms with E-state index in [1.807, 2.05) is 18.2 Å². The summed E-state index contributed by atoms with van der Waals surface area (Å²) >= 11 is 3.42. The van der Waals surface area contributed by atoms with Gasteiger partial charge in [0.05, 0.1) is 30.7 Å². The van der Waals surface area contributed by atoms with Gasteiger partial charge < -0.3 is 14.2 Å². The zero-order valence-corrected chi connectivity index (χ0v) is 16.6. The summed E-state index contributed by atoms with van der Waals surface area (Å²) in [6.45, 7) is 0.273. The van der Waals surface area contributed by atoms with E-state index in [0.717, 1.165) is 15.8 Å². The number of rotatable bonds is 8. The Hall–Kier alpha value is -1.77. The molecule has 2 rings (SSSR count). The second kappa shape index (κ2) is 8.55. The van der Waals surface area contributed by atoms with Crippen molar-refractivity contribution in [1.29, 1.82) is 0 Å². The monoisotopic (exact) mass is 429 g/mol. The molecule has 0 atom stereocenters. The van der Waals surface area contributed by atoms with Crippen molar-refractivity contribution in [3.05, 3.63) is 46.4 Å². The number of ether oxygens (including phenoxy) is 3.